The molecule has 0 aromatic heterocycles. The minimum atomic E-state index is 0.557. The van der Waals surface area contributed by atoms with Crippen LogP contribution in [0.3, 0.4) is 0 Å². The van der Waals surface area contributed by atoms with Crippen molar-refractivity contribution >= 4 is 0 Å². The van der Waals surface area contributed by atoms with Crippen molar-refractivity contribution in [3.8, 4) is 0 Å². The fourth-order valence-corrected chi connectivity index (χ4v) is 3.55. The Kier molecular flexibility index (Phi) is 1.76. The third-order valence-corrected chi connectivity index (χ3v) is 3.56. The largest absolute Gasteiger partial charge is 0.311 e. The Morgan fingerprint density at radius 3 is 2.33 bits per heavy atom. The summed E-state index contributed by atoms with van der Waals surface area (Å²) in [5, 5.41) is 3.65. The lowest BCUT2D eigenvalue weighted by molar-refractivity contribution is 0.0363. The smallest absolute Gasteiger partial charge is 0.0201 e. The molecule has 1 nitrogen and oxygen atoms in total. The fraction of sp³-hybridized carbons (Fsp3) is 1.00. The van der Waals surface area contributed by atoms with Crippen molar-refractivity contribution in [2.24, 2.45) is 11.3 Å². The molecule has 2 unspecified atom stereocenters. The zero-order chi connectivity index (χ0) is 8.82. The first-order valence-corrected chi connectivity index (χ1v) is 5.27. The van der Waals surface area contributed by atoms with E-state index in [-0.39, 0.29) is 0 Å². The first kappa shape index (κ1) is 8.55. The van der Waals surface area contributed by atoms with E-state index in [0.29, 0.717) is 11.0 Å². The summed E-state index contributed by atoms with van der Waals surface area (Å²) in [6.45, 7) is 8.50. The van der Waals surface area contributed by atoms with Crippen LogP contribution >= 0.6 is 0 Å². The van der Waals surface area contributed by atoms with Gasteiger partial charge in [0.15, 0.2) is 0 Å². The summed E-state index contributed by atoms with van der Waals surface area (Å²) in [7, 11) is 0. The van der Waals surface area contributed by atoms with E-state index in [2.05, 4.69) is 26.1 Å². The van der Waals surface area contributed by atoms with Gasteiger partial charge >= 0.3 is 0 Å². The van der Waals surface area contributed by atoms with Crippen LogP contribution < -0.4 is 5.32 Å². The number of hydrogen-bond acceptors (Lipinski definition) is 1. The maximum atomic E-state index is 3.65. The van der Waals surface area contributed by atoms with Crippen molar-refractivity contribution in [1.29, 1.82) is 0 Å². The van der Waals surface area contributed by atoms with E-state index in [1.54, 1.807) is 0 Å². The molecule has 0 bridgehead atoms. The standard InChI is InChI=1S/C11H21N/c1-9-6-10(2,3)8-11(7-9)4-5-12-11/h9,12H,4-8H2,1-3H3. The molecule has 12 heavy (non-hydrogen) atoms. The van der Waals surface area contributed by atoms with Gasteiger partial charge < -0.3 is 5.32 Å². The summed E-state index contributed by atoms with van der Waals surface area (Å²) in [6.07, 6.45) is 5.64. The lowest BCUT2D eigenvalue weighted by atomic mass is 9.61. The lowest BCUT2D eigenvalue weighted by Gasteiger charge is -2.53. The van der Waals surface area contributed by atoms with Gasteiger partial charge in [-0.25, -0.2) is 0 Å². The lowest BCUT2D eigenvalue weighted by Crippen LogP contribution is -2.61. The maximum absolute atomic E-state index is 3.65. The number of rotatable bonds is 0. The minimum Gasteiger partial charge on any atom is -0.311 e. The molecular weight excluding hydrogens is 146 g/mol. The van der Waals surface area contributed by atoms with Crippen LogP contribution in [0.5, 0.6) is 0 Å². The molecule has 1 N–H and O–H groups in total. The van der Waals surface area contributed by atoms with Crippen molar-refractivity contribution < 1.29 is 0 Å². The highest BCUT2D eigenvalue weighted by Crippen LogP contribution is 2.47. The van der Waals surface area contributed by atoms with E-state index in [9.17, 15) is 0 Å². The molecule has 1 heteroatoms. The summed E-state index contributed by atoms with van der Waals surface area (Å²) in [5.41, 5.74) is 1.13. The van der Waals surface area contributed by atoms with E-state index in [0.717, 1.165) is 5.92 Å². The van der Waals surface area contributed by atoms with Crippen LogP contribution in [0.25, 0.3) is 0 Å². The molecule has 1 saturated carbocycles. The van der Waals surface area contributed by atoms with E-state index in [1.165, 1.54) is 32.2 Å². The molecule has 1 spiro atoms. The molecule has 0 radical (unpaired) electrons. The van der Waals surface area contributed by atoms with Gasteiger partial charge in [0, 0.05) is 5.54 Å². The zero-order valence-electron chi connectivity index (χ0n) is 8.61. The first-order valence-electron chi connectivity index (χ1n) is 5.27. The van der Waals surface area contributed by atoms with E-state index in [1.807, 2.05) is 0 Å². The van der Waals surface area contributed by atoms with E-state index >= 15 is 0 Å². The predicted molar refractivity (Wildman–Crippen MR) is 52.1 cm³/mol. The molecule has 2 rings (SSSR count). The highest BCUT2D eigenvalue weighted by atomic mass is 15.1. The van der Waals surface area contributed by atoms with Gasteiger partial charge in [0.2, 0.25) is 0 Å². The molecule has 2 fully saturated rings. The monoisotopic (exact) mass is 167 g/mol. The predicted octanol–water partition coefficient (Wildman–Crippen LogP) is 2.56. The third kappa shape index (κ3) is 1.39. The average molecular weight is 167 g/mol. The van der Waals surface area contributed by atoms with Crippen molar-refractivity contribution in [1.82, 2.24) is 5.32 Å². The van der Waals surface area contributed by atoms with Crippen LogP contribution in [0.4, 0.5) is 0 Å². The second-order valence-corrected chi connectivity index (χ2v) is 5.81. The van der Waals surface area contributed by atoms with Crippen LogP contribution in [0, 0.1) is 11.3 Å². The Balaban J connectivity index is 2.08. The van der Waals surface area contributed by atoms with Gasteiger partial charge in [-0.2, -0.15) is 0 Å². The van der Waals surface area contributed by atoms with Crippen molar-refractivity contribution in [2.75, 3.05) is 6.54 Å². The van der Waals surface area contributed by atoms with Gasteiger partial charge in [-0.3, -0.25) is 0 Å². The molecule has 1 heterocycles. The molecule has 70 valence electrons. The molecular formula is C11H21N. The van der Waals surface area contributed by atoms with Gasteiger partial charge in [-0.15, -0.1) is 0 Å². The first-order chi connectivity index (χ1) is 5.52. The van der Waals surface area contributed by atoms with Gasteiger partial charge in [0.25, 0.3) is 0 Å². The summed E-state index contributed by atoms with van der Waals surface area (Å²) < 4.78 is 0. The van der Waals surface area contributed by atoms with Crippen LogP contribution in [0.1, 0.15) is 46.5 Å². The van der Waals surface area contributed by atoms with E-state index < -0.39 is 0 Å². The number of nitrogens with one attached hydrogen (secondary N) is 1. The summed E-state index contributed by atoms with van der Waals surface area (Å²) in [4.78, 5) is 0. The topological polar surface area (TPSA) is 12.0 Å². The normalized spacial score (nSPS) is 45.8. The maximum Gasteiger partial charge on any atom is 0.0201 e. The Morgan fingerprint density at radius 2 is 1.92 bits per heavy atom. The highest BCUT2D eigenvalue weighted by molar-refractivity contribution is 5.04. The molecule has 0 aromatic rings. The minimum absolute atomic E-state index is 0.557. The molecule has 0 aromatic carbocycles. The van der Waals surface area contributed by atoms with Crippen molar-refractivity contribution in [2.45, 2.75) is 52.0 Å². The average Bonchev–Trinajstić information content (AvgIpc) is 1.79. The van der Waals surface area contributed by atoms with Crippen molar-refractivity contribution in [3.63, 3.8) is 0 Å². The van der Waals surface area contributed by atoms with Crippen molar-refractivity contribution in [3.05, 3.63) is 0 Å². The van der Waals surface area contributed by atoms with Crippen LogP contribution in [-0.4, -0.2) is 12.1 Å². The summed E-state index contributed by atoms with van der Waals surface area (Å²) >= 11 is 0. The van der Waals surface area contributed by atoms with Crippen LogP contribution in [-0.2, 0) is 0 Å². The Bertz CT molecular complexity index is 179. The Hall–Kier alpha value is -0.0400. The van der Waals surface area contributed by atoms with Crippen LogP contribution in [0.2, 0.25) is 0 Å². The SMILES string of the molecule is CC1CC(C)(C)CC2(CCN2)C1. The zero-order valence-corrected chi connectivity index (χ0v) is 8.61. The summed E-state index contributed by atoms with van der Waals surface area (Å²) in [6, 6.07) is 0. The second kappa shape index (κ2) is 2.47. The fourth-order valence-electron chi connectivity index (χ4n) is 3.55. The van der Waals surface area contributed by atoms with E-state index in [4.69, 9.17) is 0 Å². The third-order valence-electron chi connectivity index (χ3n) is 3.56. The molecule has 1 aliphatic heterocycles. The molecule has 2 atom stereocenters. The molecule has 1 saturated heterocycles. The van der Waals surface area contributed by atoms with Gasteiger partial charge in [0.05, 0.1) is 0 Å². The molecule has 2 aliphatic rings. The Morgan fingerprint density at radius 1 is 1.25 bits per heavy atom. The van der Waals surface area contributed by atoms with Crippen LogP contribution in [0.15, 0.2) is 0 Å². The van der Waals surface area contributed by atoms with Gasteiger partial charge in [-0.05, 0) is 43.6 Å². The number of hydrogen-bond donors (Lipinski definition) is 1. The molecule has 0 amide bonds. The summed E-state index contributed by atoms with van der Waals surface area (Å²) in [5.74, 6) is 0.918. The van der Waals surface area contributed by atoms with Gasteiger partial charge in [0.1, 0.15) is 0 Å². The molecule has 1 aliphatic carbocycles. The Labute approximate surface area is 75.9 Å². The van der Waals surface area contributed by atoms with Gasteiger partial charge in [-0.1, -0.05) is 20.8 Å². The second-order valence-electron chi connectivity index (χ2n) is 5.81. The quantitative estimate of drug-likeness (QED) is 0.584. The highest BCUT2D eigenvalue weighted by Gasteiger charge is 2.45.